The molecule has 0 unspecified atom stereocenters. The van der Waals surface area contributed by atoms with Gasteiger partial charge in [0.1, 0.15) is 0 Å². The number of piperidine rings is 1. The maximum Gasteiger partial charge on any atom is 0.243 e. The molecular weight excluding hydrogens is 298 g/mol. The Morgan fingerprint density at radius 2 is 2.05 bits per heavy atom. The summed E-state index contributed by atoms with van der Waals surface area (Å²) in [7, 11) is -3.51. The third kappa shape index (κ3) is 3.67. The lowest BCUT2D eigenvalue weighted by molar-refractivity contribution is 0.268. The molecule has 0 amide bonds. The molecule has 6 heteroatoms. The van der Waals surface area contributed by atoms with Crippen LogP contribution >= 0.6 is 0 Å². The highest BCUT2D eigenvalue weighted by Gasteiger charge is 2.30. The molecule has 1 fully saturated rings. The zero-order chi connectivity index (χ0) is 16.2. The van der Waals surface area contributed by atoms with Crippen LogP contribution in [0.1, 0.15) is 30.9 Å². The van der Waals surface area contributed by atoms with Gasteiger partial charge in [-0.3, -0.25) is 0 Å². The molecule has 1 saturated heterocycles. The van der Waals surface area contributed by atoms with Crippen molar-refractivity contribution >= 4 is 10.0 Å². The summed E-state index contributed by atoms with van der Waals surface area (Å²) in [4.78, 5) is 0.261. The lowest BCUT2D eigenvalue weighted by Crippen LogP contribution is -2.40. The number of nitriles is 1. The number of rotatable bonds is 5. The third-order valence-electron chi connectivity index (χ3n) is 4.19. The summed E-state index contributed by atoms with van der Waals surface area (Å²) in [6, 6.07) is 6.84. The van der Waals surface area contributed by atoms with E-state index in [1.165, 1.54) is 6.07 Å². The van der Waals surface area contributed by atoms with Crippen LogP contribution in [0.5, 0.6) is 0 Å². The number of nitrogens with zero attached hydrogens (tertiary/aromatic N) is 2. The van der Waals surface area contributed by atoms with Gasteiger partial charge < -0.3 is 5.32 Å². The summed E-state index contributed by atoms with van der Waals surface area (Å²) < 4.78 is 27.2. The predicted octanol–water partition coefficient (Wildman–Crippen LogP) is 1.88. The van der Waals surface area contributed by atoms with Gasteiger partial charge in [0, 0.05) is 13.1 Å². The zero-order valence-electron chi connectivity index (χ0n) is 13.2. The van der Waals surface area contributed by atoms with Gasteiger partial charge >= 0.3 is 0 Å². The van der Waals surface area contributed by atoms with Crippen molar-refractivity contribution in [3.63, 3.8) is 0 Å². The second-order valence-corrected chi connectivity index (χ2v) is 7.65. The number of nitrogens with one attached hydrogen (secondary N) is 1. The summed E-state index contributed by atoms with van der Waals surface area (Å²) in [5.74, 6) is 0.540. The average Bonchev–Trinajstić information content (AvgIpc) is 2.53. The van der Waals surface area contributed by atoms with E-state index in [1.807, 2.05) is 6.07 Å². The van der Waals surface area contributed by atoms with Gasteiger partial charge in [-0.2, -0.15) is 9.57 Å². The molecule has 1 aliphatic heterocycles. The van der Waals surface area contributed by atoms with Crippen molar-refractivity contribution in [3.05, 3.63) is 29.3 Å². The smallest absolute Gasteiger partial charge is 0.243 e. The quantitative estimate of drug-likeness (QED) is 0.898. The van der Waals surface area contributed by atoms with Crippen LogP contribution in [0.4, 0.5) is 0 Å². The SMILES string of the molecule is CCNCC1CCN(S(=O)(=O)c2cc(C#N)ccc2C)CC1. The lowest BCUT2D eigenvalue weighted by Gasteiger charge is -2.31. The first kappa shape index (κ1) is 16.9. The number of sulfonamides is 1. The summed E-state index contributed by atoms with van der Waals surface area (Å²) in [6.45, 7) is 6.84. The molecule has 1 aliphatic rings. The fourth-order valence-electron chi connectivity index (χ4n) is 2.79. The van der Waals surface area contributed by atoms with E-state index in [0.29, 0.717) is 30.1 Å². The lowest BCUT2D eigenvalue weighted by atomic mass is 9.98. The van der Waals surface area contributed by atoms with E-state index in [-0.39, 0.29) is 4.90 Å². The van der Waals surface area contributed by atoms with Crippen LogP contribution in [0, 0.1) is 24.2 Å². The fraction of sp³-hybridized carbons (Fsp3) is 0.562. The van der Waals surface area contributed by atoms with Gasteiger partial charge in [-0.1, -0.05) is 13.0 Å². The minimum atomic E-state index is -3.51. The van der Waals surface area contributed by atoms with Crippen molar-refractivity contribution in [3.8, 4) is 6.07 Å². The van der Waals surface area contributed by atoms with E-state index in [9.17, 15) is 8.42 Å². The van der Waals surface area contributed by atoms with Crippen LogP contribution in [0.25, 0.3) is 0 Å². The van der Waals surface area contributed by atoms with E-state index in [4.69, 9.17) is 5.26 Å². The van der Waals surface area contributed by atoms with Crippen molar-refractivity contribution in [2.45, 2.75) is 31.6 Å². The molecule has 0 aromatic heterocycles. The number of hydrogen-bond donors (Lipinski definition) is 1. The number of hydrogen-bond acceptors (Lipinski definition) is 4. The topological polar surface area (TPSA) is 73.2 Å². The number of aryl methyl sites for hydroxylation is 1. The van der Waals surface area contributed by atoms with Crippen LogP contribution < -0.4 is 5.32 Å². The molecule has 0 aliphatic carbocycles. The molecule has 0 radical (unpaired) electrons. The van der Waals surface area contributed by atoms with Crippen molar-refractivity contribution < 1.29 is 8.42 Å². The normalized spacial score (nSPS) is 17.3. The van der Waals surface area contributed by atoms with Gasteiger partial charge in [-0.15, -0.1) is 0 Å². The van der Waals surface area contributed by atoms with E-state index < -0.39 is 10.0 Å². The Bertz CT molecular complexity index is 656. The van der Waals surface area contributed by atoms with Gasteiger partial charge in [-0.05, 0) is 56.5 Å². The van der Waals surface area contributed by atoms with Gasteiger partial charge in [0.05, 0.1) is 16.5 Å². The Morgan fingerprint density at radius 1 is 1.36 bits per heavy atom. The van der Waals surface area contributed by atoms with E-state index in [1.54, 1.807) is 23.4 Å². The summed E-state index contributed by atoms with van der Waals surface area (Å²) in [5.41, 5.74) is 1.07. The van der Waals surface area contributed by atoms with Crippen LogP contribution in [0.2, 0.25) is 0 Å². The van der Waals surface area contributed by atoms with Gasteiger partial charge in [-0.25, -0.2) is 8.42 Å². The summed E-state index contributed by atoms with van der Waals surface area (Å²) >= 11 is 0. The fourth-order valence-corrected chi connectivity index (χ4v) is 4.51. The second-order valence-electron chi connectivity index (χ2n) is 5.75. The summed E-state index contributed by atoms with van der Waals surface area (Å²) in [6.07, 6.45) is 1.76. The standard InChI is InChI=1S/C16H23N3O2S/c1-3-18-12-14-6-8-19(9-7-14)22(20,21)16-10-15(11-17)5-4-13(16)2/h4-5,10,14,18H,3,6-9,12H2,1-2H3. The zero-order valence-corrected chi connectivity index (χ0v) is 14.0. The monoisotopic (exact) mass is 321 g/mol. The van der Waals surface area contributed by atoms with E-state index >= 15 is 0 Å². The Labute approximate surface area is 133 Å². The highest BCUT2D eigenvalue weighted by atomic mass is 32.2. The van der Waals surface area contributed by atoms with Crippen molar-refractivity contribution in [2.75, 3.05) is 26.2 Å². The Hall–Kier alpha value is -1.42. The Kier molecular flexibility index (Phi) is 5.57. The highest BCUT2D eigenvalue weighted by molar-refractivity contribution is 7.89. The molecule has 1 aromatic rings. The van der Waals surface area contributed by atoms with E-state index in [2.05, 4.69) is 12.2 Å². The highest BCUT2D eigenvalue weighted by Crippen LogP contribution is 2.26. The Morgan fingerprint density at radius 3 is 2.64 bits per heavy atom. The maximum absolute atomic E-state index is 12.8. The van der Waals surface area contributed by atoms with Crippen molar-refractivity contribution in [1.82, 2.24) is 9.62 Å². The molecule has 120 valence electrons. The van der Waals surface area contributed by atoms with Crippen LogP contribution in [0.3, 0.4) is 0 Å². The Balaban J connectivity index is 2.14. The molecule has 22 heavy (non-hydrogen) atoms. The van der Waals surface area contributed by atoms with Gasteiger partial charge in [0.15, 0.2) is 0 Å². The first-order valence-corrected chi connectivity index (χ1v) is 9.14. The molecular formula is C16H23N3O2S. The van der Waals surface area contributed by atoms with Crippen molar-refractivity contribution in [2.24, 2.45) is 5.92 Å². The summed E-state index contributed by atoms with van der Waals surface area (Å²) in [5, 5.41) is 12.3. The molecule has 5 nitrogen and oxygen atoms in total. The molecule has 0 bridgehead atoms. The maximum atomic E-state index is 12.8. The van der Waals surface area contributed by atoms with Crippen LogP contribution in [-0.4, -0.2) is 38.9 Å². The van der Waals surface area contributed by atoms with Crippen LogP contribution in [0.15, 0.2) is 23.1 Å². The molecule has 0 atom stereocenters. The molecule has 1 heterocycles. The molecule has 2 rings (SSSR count). The van der Waals surface area contributed by atoms with Crippen molar-refractivity contribution in [1.29, 1.82) is 5.26 Å². The third-order valence-corrected chi connectivity index (χ3v) is 6.23. The predicted molar refractivity (Wildman–Crippen MR) is 85.9 cm³/mol. The molecule has 1 N–H and O–H groups in total. The number of benzene rings is 1. The van der Waals surface area contributed by atoms with E-state index in [0.717, 1.165) is 25.9 Å². The minimum Gasteiger partial charge on any atom is -0.317 e. The van der Waals surface area contributed by atoms with Gasteiger partial charge in [0.2, 0.25) is 10.0 Å². The second kappa shape index (κ2) is 7.23. The minimum absolute atomic E-state index is 0.261. The first-order valence-electron chi connectivity index (χ1n) is 7.70. The average molecular weight is 321 g/mol. The molecule has 0 spiro atoms. The largest absolute Gasteiger partial charge is 0.317 e. The first-order chi connectivity index (χ1) is 10.5. The molecule has 1 aromatic carbocycles. The molecule has 0 saturated carbocycles. The van der Waals surface area contributed by atoms with Gasteiger partial charge in [0.25, 0.3) is 0 Å². The van der Waals surface area contributed by atoms with Crippen LogP contribution in [-0.2, 0) is 10.0 Å².